The SMILES string of the molecule is CN(C=O)c1cc(NCc2ccc(NC=O)cc2)ccc1N(C)C1CCC(=O)NC1=O. The Morgan fingerprint density at radius 1 is 1.03 bits per heavy atom. The highest BCUT2D eigenvalue weighted by molar-refractivity contribution is 6.02. The zero-order chi connectivity index (χ0) is 22.4. The number of benzene rings is 2. The molecule has 162 valence electrons. The van der Waals surface area contributed by atoms with Gasteiger partial charge in [0.2, 0.25) is 24.6 Å². The Labute approximate surface area is 180 Å². The molecule has 0 radical (unpaired) electrons. The summed E-state index contributed by atoms with van der Waals surface area (Å²) in [6.07, 6.45) is 2.03. The van der Waals surface area contributed by atoms with E-state index >= 15 is 0 Å². The summed E-state index contributed by atoms with van der Waals surface area (Å²) < 4.78 is 0. The number of rotatable bonds is 9. The molecule has 1 fully saturated rings. The molecule has 3 N–H and O–H groups in total. The van der Waals surface area contributed by atoms with E-state index in [1.54, 1.807) is 19.0 Å². The van der Waals surface area contributed by atoms with Gasteiger partial charge in [0.25, 0.3) is 0 Å². The van der Waals surface area contributed by atoms with Crippen molar-refractivity contribution in [2.75, 3.05) is 34.5 Å². The predicted octanol–water partition coefficient (Wildman–Crippen LogP) is 1.70. The van der Waals surface area contributed by atoms with Crippen LogP contribution in [0.25, 0.3) is 0 Å². The van der Waals surface area contributed by atoms with Crippen LogP contribution in [0.5, 0.6) is 0 Å². The Morgan fingerprint density at radius 2 is 1.74 bits per heavy atom. The fourth-order valence-electron chi connectivity index (χ4n) is 3.48. The first-order valence-electron chi connectivity index (χ1n) is 9.84. The molecule has 4 amide bonds. The quantitative estimate of drug-likeness (QED) is 0.418. The van der Waals surface area contributed by atoms with E-state index in [4.69, 9.17) is 0 Å². The molecule has 3 rings (SSSR count). The van der Waals surface area contributed by atoms with Crippen LogP contribution in [0.4, 0.5) is 22.7 Å². The molecule has 2 aromatic carbocycles. The van der Waals surface area contributed by atoms with Crippen LogP contribution in [0, 0.1) is 0 Å². The van der Waals surface area contributed by atoms with Gasteiger partial charge >= 0.3 is 0 Å². The predicted molar refractivity (Wildman–Crippen MR) is 119 cm³/mol. The highest BCUT2D eigenvalue weighted by Crippen LogP contribution is 2.33. The van der Waals surface area contributed by atoms with Gasteiger partial charge in [-0.25, -0.2) is 0 Å². The molecule has 9 nitrogen and oxygen atoms in total. The van der Waals surface area contributed by atoms with Crippen LogP contribution in [0.2, 0.25) is 0 Å². The third kappa shape index (κ3) is 5.19. The molecule has 0 saturated carbocycles. The number of carbonyl (C=O) groups excluding carboxylic acids is 4. The molecular formula is C22H25N5O4. The summed E-state index contributed by atoms with van der Waals surface area (Å²) in [6.45, 7) is 0.550. The van der Waals surface area contributed by atoms with Crippen molar-refractivity contribution >= 4 is 47.4 Å². The van der Waals surface area contributed by atoms with E-state index in [-0.39, 0.29) is 18.2 Å². The topological polar surface area (TPSA) is 111 Å². The lowest BCUT2D eigenvalue weighted by atomic mass is 10.0. The number of nitrogens with one attached hydrogen (secondary N) is 3. The number of piperidine rings is 1. The molecule has 1 unspecified atom stereocenters. The third-order valence-corrected chi connectivity index (χ3v) is 5.25. The Hall–Kier alpha value is -3.88. The number of amides is 4. The van der Waals surface area contributed by atoms with E-state index in [0.29, 0.717) is 37.2 Å². The van der Waals surface area contributed by atoms with Crippen LogP contribution in [-0.4, -0.2) is 44.8 Å². The fourth-order valence-corrected chi connectivity index (χ4v) is 3.48. The van der Waals surface area contributed by atoms with Crippen LogP contribution in [0.3, 0.4) is 0 Å². The molecule has 31 heavy (non-hydrogen) atoms. The summed E-state index contributed by atoms with van der Waals surface area (Å²) >= 11 is 0. The van der Waals surface area contributed by atoms with Crippen LogP contribution in [0.15, 0.2) is 42.5 Å². The fraction of sp³-hybridized carbons (Fsp3) is 0.273. The second kappa shape index (κ2) is 9.75. The molecule has 1 atom stereocenters. The smallest absolute Gasteiger partial charge is 0.249 e. The zero-order valence-electron chi connectivity index (χ0n) is 17.4. The average molecular weight is 423 g/mol. The van der Waals surface area contributed by atoms with Gasteiger partial charge in [-0.1, -0.05) is 12.1 Å². The van der Waals surface area contributed by atoms with Gasteiger partial charge in [0, 0.05) is 38.4 Å². The maximum atomic E-state index is 12.3. The first-order valence-corrected chi connectivity index (χ1v) is 9.84. The van der Waals surface area contributed by atoms with Crippen molar-refractivity contribution in [3.05, 3.63) is 48.0 Å². The van der Waals surface area contributed by atoms with E-state index < -0.39 is 6.04 Å². The lowest BCUT2D eigenvalue weighted by Gasteiger charge is -2.33. The molecule has 0 bridgehead atoms. The number of hydrogen-bond acceptors (Lipinski definition) is 6. The highest BCUT2D eigenvalue weighted by atomic mass is 16.2. The minimum Gasteiger partial charge on any atom is -0.381 e. The summed E-state index contributed by atoms with van der Waals surface area (Å²) in [5, 5.41) is 8.28. The van der Waals surface area contributed by atoms with Crippen LogP contribution in [0.1, 0.15) is 18.4 Å². The standard InChI is InChI=1S/C22H25N5O4/c1-26(14-29)20-11-17(23-12-15-3-5-16(6-4-15)24-13-28)7-8-18(20)27(2)19-9-10-21(30)25-22(19)31/h3-8,11,13-14,19,23H,9-10,12H2,1-2H3,(H,24,28)(H,25,30,31). The van der Waals surface area contributed by atoms with Gasteiger partial charge in [-0.2, -0.15) is 0 Å². The monoisotopic (exact) mass is 423 g/mol. The van der Waals surface area contributed by atoms with Crippen molar-refractivity contribution in [3.63, 3.8) is 0 Å². The van der Waals surface area contributed by atoms with Crippen LogP contribution in [-0.2, 0) is 25.7 Å². The van der Waals surface area contributed by atoms with Crippen molar-refractivity contribution in [1.29, 1.82) is 0 Å². The lowest BCUT2D eigenvalue weighted by Crippen LogP contribution is -2.51. The van der Waals surface area contributed by atoms with Crippen molar-refractivity contribution in [2.45, 2.75) is 25.4 Å². The largest absolute Gasteiger partial charge is 0.381 e. The van der Waals surface area contributed by atoms with E-state index in [1.165, 1.54) is 4.90 Å². The molecule has 0 spiro atoms. The van der Waals surface area contributed by atoms with E-state index in [0.717, 1.165) is 16.9 Å². The van der Waals surface area contributed by atoms with Gasteiger partial charge in [-0.05, 0) is 42.3 Å². The normalized spacial score (nSPS) is 15.6. The van der Waals surface area contributed by atoms with Crippen molar-refractivity contribution < 1.29 is 19.2 Å². The third-order valence-electron chi connectivity index (χ3n) is 5.25. The Morgan fingerprint density at radius 3 is 2.39 bits per heavy atom. The van der Waals surface area contributed by atoms with Gasteiger partial charge in [0.15, 0.2) is 0 Å². The van der Waals surface area contributed by atoms with Gasteiger partial charge in [0.05, 0.1) is 11.4 Å². The summed E-state index contributed by atoms with van der Waals surface area (Å²) in [4.78, 5) is 48.9. The van der Waals surface area contributed by atoms with E-state index in [1.807, 2.05) is 42.5 Å². The molecule has 1 saturated heterocycles. The summed E-state index contributed by atoms with van der Waals surface area (Å²) in [5.74, 6) is -0.609. The van der Waals surface area contributed by atoms with E-state index in [2.05, 4.69) is 16.0 Å². The number of anilines is 4. The van der Waals surface area contributed by atoms with Gasteiger partial charge in [0.1, 0.15) is 6.04 Å². The number of nitrogens with zero attached hydrogens (tertiary/aromatic N) is 2. The van der Waals surface area contributed by atoms with Gasteiger partial charge in [-0.3, -0.25) is 24.5 Å². The minimum absolute atomic E-state index is 0.269. The van der Waals surface area contributed by atoms with Crippen LogP contribution < -0.4 is 25.8 Å². The molecular weight excluding hydrogens is 398 g/mol. The molecule has 2 aromatic rings. The molecule has 1 heterocycles. The van der Waals surface area contributed by atoms with Gasteiger partial charge in [-0.15, -0.1) is 0 Å². The number of imide groups is 1. The Bertz CT molecular complexity index is 976. The van der Waals surface area contributed by atoms with Gasteiger partial charge < -0.3 is 20.4 Å². The van der Waals surface area contributed by atoms with Crippen LogP contribution >= 0.6 is 0 Å². The highest BCUT2D eigenvalue weighted by Gasteiger charge is 2.31. The number of likely N-dealkylation sites (N-methyl/N-ethyl adjacent to an activating group) is 1. The zero-order valence-corrected chi connectivity index (χ0v) is 17.4. The minimum atomic E-state index is -0.492. The molecule has 0 aliphatic carbocycles. The Balaban J connectivity index is 1.77. The van der Waals surface area contributed by atoms with Crippen molar-refractivity contribution in [2.24, 2.45) is 0 Å². The summed E-state index contributed by atoms with van der Waals surface area (Å²) in [5.41, 5.74) is 3.89. The number of carbonyl (C=O) groups is 4. The molecule has 1 aliphatic rings. The maximum Gasteiger partial charge on any atom is 0.249 e. The summed E-state index contributed by atoms with van der Waals surface area (Å²) in [6, 6.07) is 12.5. The maximum absolute atomic E-state index is 12.3. The first kappa shape index (κ1) is 21.8. The average Bonchev–Trinajstić information content (AvgIpc) is 2.77. The van der Waals surface area contributed by atoms with E-state index in [9.17, 15) is 19.2 Å². The summed E-state index contributed by atoms with van der Waals surface area (Å²) in [7, 11) is 3.42. The van der Waals surface area contributed by atoms with Crippen molar-refractivity contribution in [3.8, 4) is 0 Å². The molecule has 1 aliphatic heterocycles. The Kier molecular flexibility index (Phi) is 6.86. The second-order valence-electron chi connectivity index (χ2n) is 7.31. The first-order chi connectivity index (χ1) is 14.9. The second-order valence-corrected chi connectivity index (χ2v) is 7.31. The lowest BCUT2D eigenvalue weighted by molar-refractivity contribution is -0.134. The number of hydrogen-bond donors (Lipinski definition) is 3. The molecule has 9 heteroatoms. The molecule has 0 aromatic heterocycles. The van der Waals surface area contributed by atoms with Crippen molar-refractivity contribution in [1.82, 2.24) is 5.32 Å².